The summed E-state index contributed by atoms with van der Waals surface area (Å²) in [7, 11) is 0. The molecule has 1 amide bonds. The lowest BCUT2D eigenvalue weighted by Crippen LogP contribution is -2.14. The molecule has 2 aromatic carbocycles. The minimum atomic E-state index is 0.0230. The second kappa shape index (κ2) is 8.82. The molecule has 3 rings (SSSR count). The number of carbonyl (C=O) groups is 1. The molecule has 138 valence electrons. The zero-order valence-electron chi connectivity index (χ0n) is 15.8. The molecule has 1 N–H and O–H groups in total. The predicted octanol–water partition coefficient (Wildman–Crippen LogP) is 5.19. The molecule has 0 aliphatic rings. The summed E-state index contributed by atoms with van der Waals surface area (Å²) in [4.78, 5) is 21.0. The van der Waals surface area contributed by atoms with Crippen molar-refractivity contribution in [3.8, 4) is 11.3 Å². The summed E-state index contributed by atoms with van der Waals surface area (Å²) in [5.74, 6) is 0.691. The van der Waals surface area contributed by atoms with E-state index in [4.69, 9.17) is 0 Å². The fraction of sp³-hybridized carbons (Fsp3) is 0.227. The molecule has 0 unspecified atom stereocenters. The van der Waals surface area contributed by atoms with E-state index in [1.165, 1.54) is 5.56 Å². The summed E-state index contributed by atoms with van der Waals surface area (Å²) in [5, 5.41) is 3.92. The van der Waals surface area contributed by atoms with Crippen LogP contribution in [0.3, 0.4) is 0 Å². The Bertz CT molecular complexity index is 918. The van der Waals surface area contributed by atoms with E-state index in [9.17, 15) is 4.79 Å². The average Bonchev–Trinajstić information content (AvgIpc) is 2.66. The second-order valence-electron chi connectivity index (χ2n) is 6.53. The van der Waals surface area contributed by atoms with Crippen LogP contribution >= 0.6 is 11.8 Å². The highest BCUT2D eigenvalue weighted by Crippen LogP contribution is 2.24. The second-order valence-corrected chi connectivity index (χ2v) is 7.64. The van der Waals surface area contributed by atoms with Gasteiger partial charge in [0.25, 0.3) is 0 Å². The summed E-state index contributed by atoms with van der Waals surface area (Å²) in [6.07, 6.45) is 2.01. The molecule has 5 heteroatoms. The topological polar surface area (TPSA) is 54.9 Å². The van der Waals surface area contributed by atoms with E-state index in [1.54, 1.807) is 18.1 Å². The minimum absolute atomic E-state index is 0.0230. The summed E-state index contributed by atoms with van der Waals surface area (Å²) in [6.45, 7) is 6.11. The van der Waals surface area contributed by atoms with E-state index in [-0.39, 0.29) is 5.91 Å². The van der Waals surface area contributed by atoms with Gasteiger partial charge in [0.15, 0.2) is 0 Å². The quantitative estimate of drug-likeness (QED) is 0.474. The molecule has 1 aromatic heterocycles. The first-order valence-electron chi connectivity index (χ1n) is 8.91. The van der Waals surface area contributed by atoms with Gasteiger partial charge in [0.05, 0.1) is 10.7 Å². The van der Waals surface area contributed by atoms with Crippen molar-refractivity contribution in [3.63, 3.8) is 0 Å². The third kappa shape index (κ3) is 5.17. The van der Waals surface area contributed by atoms with E-state index in [0.717, 1.165) is 33.1 Å². The van der Waals surface area contributed by atoms with E-state index in [1.807, 2.05) is 50.2 Å². The zero-order valence-corrected chi connectivity index (χ0v) is 16.6. The number of hydrogen-bond acceptors (Lipinski definition) is 4. The van der Waals surface area contributed by atoms with Crippen molar-refractivity contribution in [3.05, 3.63) is 71.5 Å². The Balaban J connectivity index is 1.57. The monoisotopic (exact) mass is 377 g/mol. The number of benzene rings is 2. The van der Waals surface area contributed by atoms with Crippen LogP contribution in [0.25, 0.3) is 11.3 Å². The number of nitrogens with zero attached hydrogens (tertiary/aromatic N) is 2. The van der Waals surface area contributed by atoms with Crippen LogP contribution in [-0.2, 0) is 4.79 Å². The molecule has 0 fully saturated rings. The first-order valence-corrected chi connectivity index (χ1v) is 9.89. The van der Waals surface area contributed by atoms with Crippen LogP contribution in [0.5, 0.6) is 0 Å². The molecule has 0 bridgehead atoms. The highest BCUT2D eigenvalue weighted by molar-refractivity contribution is 7.99. The molecule has 0 aliphatic carbocycles. The van der Waals surface area contributed by atoms with Crippen LogP contribution in [0, 0.1) is 20.8 Å². The number of anilines is 1. The average molecular weight is 378 g/mol. The van der Waals surface area contributed by atoms with Gasteiger partial charge >= 0.3 is 0 Å². The van der Waals surface area contributed by atoms with Gasteiger partial charge in [0, 0.05) is 23.4 Å². The molecule has 3 aromatic rings. The van der Waals surface area contributed by atoms with Gasteiger partial charge in [-0.2, -0.15) is 0 Å². The molecule has 4 nitrogen and oxygen atoms in total. The third-order valence-corrected chi connectivity index (χ3v) is 5.16. The lowest BCUT2D eigenvalue weighted by atomic mass is 10.1. The number of aromatic nitrogens is 2. The van der Waals surface area contributed by atoms with Crippen molar-refractivity contribution in [2.24, 2.45) is 0 Å². The molecule has 0 saturated carbocycles. The molecule has 0 atom stereocenters. The Kier molecular flexibility index (Phi) is 6.24. The fourth-order valence-corrected chi connectivity index (χ4v) is 3.83. The molecular formula is C22H23N3OS. The van der Waals surface area contributed by atoms with Gasteiger partial charge in [0.1, 0.15) is 6.33 Å². The maximum absolute atomic E-state index is 12.3. The first kappa shape index (κ1) is 19.1. The number of hydrogen-bond donors (Lipinski definition) is 1. The van der Waals surface area contributed by atoms with E-state index in [2.05, 4.69) is 34.3 Å². The highest BCUT2D eigenvalue weighted by Gasteiger charge is 2.09. The molecule has 27 heavy (non-hydrogen) atoms. The SMILES string of the molecule is Cc1cc(C)c(NC(=O)CCSc2cc(-c3ccccc3)ncn2)c(C)c1. The van der Waals surface area contributed by atoms with Crippen LogP contribution < -0.4 is 5.32 Å². The lowest BCUT2D eigenvalue weighted by Gasteiger charge is -2.12. The predicted molar refractivity (Wildman–Crippen MR) is 112 cm³/mol. The Labute approximate surface area is 164 Å². The Hall–Kier alpha value is -2.66. The van der Waals surface area contributed by atoms with Crippen LogP contribution in [-0.4, -0.2) is 21.6 Å². The molecule has 0 radical (unpaired) electrons. The summed E-state index contributed by atoms with van der Waals surface area (Å²) in [5.41, 5.74) is 6.27. The molecular weight excluding hydrogens is 354 g/mol. The van der Waals surface area contributed by atoms with E-state index < -0.39 is 0 Å². The van der Waals surface area contributed by atoms with Crippen molar-refractivity contribution in [2.45, 2.75) is 32.2 Å². The zero-order chi connectivity index (χ0) is 19.2. The Morgan fingerprint density at radius 3 is 2.41 bits per heavy atom. The Morgan fingerprint density at radius 2 is 1.70 bits per heavy atom. The van der Waals surface area contributed by atoms with Gasteiger partial charge in [-0.05, 0) is 38.0 Å². The van der Waals surface area contributed by atoms with Gasteiger partial charge in [-0.25, -0.2) is 9.97 Å². The largest absolute Gasteiger partial charge is 0.326 e. The van der Waals surface area contributed by atoms with Crippen molar-refractivity contribution in [1.82, 2.24) is 9.97 Å². The van der Waals surface area contributed by atoms with Crippen LogP contribution in [0.1, 0.15) is 23.1 Å². The van der Waals surface area contributed by atoms with Gasteiger partial charge < -0.3 is 5.32 Å². The standard InChI is InChI=1S/C22H23N3OS/c1-15-11-16(2)22(17(3)12-15)25-20(26)9-10-27-21-13-19(23-14-24-21)18-7-5-4-6-8-18/h4-8,11-14H,9-10H2,1-3H3,(H,25,26). The number of nitrogens with one attached hydrogen (secondary N) is 1. The smallest absolute Gasteiger partial charge is 0.225 e. The normalized spacial score (nSPS) is 10.6. The maximum Gasteiger partial charge on any atom is 0.225 e. The van der Waals surface area contributed by atoms with Crippen LogP contribution in [0.4, 0.5) is 5.69 Å². The van der Waals surface area contributed by atoms with Crippen molar-refractivity contribution in [1.29, 1.82) is 0 Å². The van der Waals surface area contributed by atoms with Gasteiger partial charge in [-0.15, -0.1) is 11.8 Å². The Morgan fingerprint density at radius 1 is 1.00 bits per heavy atom. The van der Waals surface area contributed by atoms with Crippen molar-refractivity contribution >= 4 is 23.4 Å². The van der Waals surface area contributed by atoms with Gasteiger partial charge in [-0.3, -0.25) is 4.79 Å². The lowest BCUT2D eigenvalue weighted by molar-refractivity contribution is -0.115. The summed E-state index contributed by atoms with van der Waals surface area (Å²) in [6, 6.07) is 16.1. The van der Waals surface area contributed by atoms with Gasteiger partial charge in [0.2, 0.25) is 5.91 Å². The molecule has 1 heterocycles. The number of aryl methyl sites for hydroxylation is 3. The summed E-state index contributed by atoms with van der Waals surface area (Å²) < 4.78 is 0. The number of amides is 1. The minimum Gasteiger partial charge on any atom is -0.326 e. The van der Waals surface area contributed by atoms with E-state index >= 15 is 0 Å². The molecule has 0 spiro atoms. The molecule has 0 saturated heterocycles. The highest BCUT2D eigenvalue weighted by atomic mass is 32.2. The number of rotatable bonds is 6. The third-order valence-electron chi connectivity index (χ3n) is 4.23. The maximum atomic E-state index is 12.3. The number of carbonyl (C=O) groups excluding carboxylic acids is 1. The van der Waals surface area contributed by atoms with Gasteiger partial charge in [-0.1, -0.05) is 48.0 Å². The fourth-order valence-electron chi connectivity index (χ4n) is 3.01. The number of thioether (sulfide) groups is 1. The van der Waals surface area contributed by atoms with Crippen LogP contribution in [0.15, 0.2) is 59.9 Å². The van der Waals surface area contributed by atoms with E-state index in [0.29, 0.717) is 12.2 Å². The van der Waals surface area contributed by atoms with Crippen LogP contribution in [0.2, 0.25) is 0 Å². The molecule has 0 aliphatic heterocycles. The van der Waals surface area contributed by atoms with Crippen molar-refractivity contribution < 1.29 is 4.79 Å². The summed E-state index contributed by atoms with van der Waals surface area (Å²) >= 11 is 1.57. The first-order chi connectivity index (χ1) is 13.0. The van der Waals surface area contributed by atoms with Crippen molar-refractivity contribution in [2.75, 3.05) is 11.1 Å².